The quantitative estimate of drug-likeness (QED) is 0.791. The Bertz CT molecular complexity index is 576. The first-order valence-electron chi connectivity index (χ1n) is 5.93. The maximum Gasteiger partial charge on any atom is 0.257 e. The Morgan fingerprint density at radius 1 is 1.53 bits per heavy atom. The minimum Gasteiger partial charge on any atom is -0.382 e. The Hall–Kier alpha value is -1.60. The second-order valence-corrected chi connectivity index (χ2v) is 5.70. The highest BCUT2D eigenvalue weighted by Crippen LogP contribution is 2.28. The third-order valence-corrected chi connectivity index (χ3v) is 4.58. The molecule has 7 heteroatoms. The Labute approximate surface area is 120 Å². The van der Waals surface area contributed by atoms with E-state index in [1.54, 1.807) is 18.4 Å². The molecule has 0 bridgehead atoms. The number of hydrogen-bond acceptors (Lipinski definition) is 6. The van der Waals surface area contributed by atoms with E-state index in [2.05, 4.69) is 33.4 Å². The summed E-state index contributed by atoms with van der Waals surface area (Å²) in [6.45, 7) is 2.82. The minimum atomic E-state index is -0.212. The fourth-order valence-electron chi connectivity index (χ4n) is 1.77. The van der Waals surface area contributed by atoms with Gasteiger partial charge < -0.3 is 16.4 Å². The molecule has 102 valence electrons. The van der Waals surface area contributed by atoms with Gasteiger partial charge in [-0.05, 0) is 35.0 Å². The zero-order valence-electron chi connectivity index (χ0n) is 10.8. The second kappa shape index (κ2) is 6.03. The SMILES string of the molecule is CCc1ccsc1CNc1snc(N)c1C(=O)NC. The second-order valence-electron chi connectivity index (χ2n) is 3.93. The number of rotatable bonds is 5. The topological polar surface area (TPSA) is 80.0 Å². The molecule has 0 aliphatic rings. The van der Waals surface area contributed by atoms with Gasteiger partial charge in [0.25, 0.3) is 5.91 Å². The van der Waals surface area contributed by atoms with Crippen LogP contribution in [0.1, 0.15) is 27.7 Å². The molecule has 0 aromatic carbocycles. The lowest BCUT2D eigenvalue weighted by atomic mass is 10.2. The van der Waals surface area contributed by atoms with Crippen LogP contribution in [0, 0.1) is 0 Å². The number of thiophene rings is 1. The summed E-state index contributed by atoms with van der Waals surface area (Å²) in [5.74, 6) is 0.0596. The Morgan fingerprint density at radius 3 is 3.00 bits per heavy atom. The normalized spacial score (nSPS) is 10.4. The first-order valence-corrected chi connectivity index (χ1v) is 7.59. The van der Waals surface area contributed by atoms with Gasteiger partial charge in [0.05, 0.1) is 6.54 Å². The predicted molar refractivity (Wildman–Crippen MR) is 80.9 cm³/mol. The number of aromatic nitrogens is 1. The molecule has 0 fully saturated rings. The van der Waals surface area contributed by atoms with Crippen molar-refractivity contribution in [2.75, 3.05) is 18.1 Å². The number of hydrogen-bond donors (Lipinski definition) is 3. The number of anilines is 2. The third-order valence-electron chi connectivity index (χ3n) is 2.80. The van der Waals surface area contributed by atoms with Gasteiger partial charge in [-0.15, -0.1) is 11.3 Å². The monoisotopic (exact) mass is 296 g/mol. The van der Waals surface area contributed by atoms with Gasteiger partial charge in [0, 0.05) is 11.9 Å². The molecule has 0 aliphatic heterocycles. The van der Waals surface area contributed by atoms with Crippen molar-refractivity contribution in [1.29, 1.82) is 0 Å². The molecule has 0 unspecified atom stereocenters. The highest BCUT2D eigenvalue weighted by Gasteiger charge is 2.18. The van der Waals surface area contributed by atoms with E-state index >= 15 is 0 Å². The lowest BCUT2D eigenvalue weighted by Gasteiger charge is -2.06. The molecule has 2 aromatic heterocycles. The van der Waals surface area contributed by atoms with Crippen LogP contribution in [0.3, 0.4) is 0 Å². The summed E-state index contributed by atoms with van der Waals surface area (Å²) in [7, 11) is 1.58. The van der Waals surface area contributed by atoms with Crippen LogP contribution >= 0.6 is 22.9 Å². The molecule has 0 radical (unpaired) electrons. The molecule has 2 heterocycles. The number of carbonyl (C=O) groups excluding carboxylic acids is 1. The number of aryl methyl sites for hydroxylation is 1. The summed E-state index contributed by atoms with van der Waals surface area (Å²) in [6, 6.07) is 2.13. The van der Waals surface area contributed by atoms with Crippen LogP contribution in [-0.2, 0) is 13.0 Å². The van der Waals surface area contributed by atoms with Crippen LogP contribution in [0.2, 0.25) is 0 Å². The third kappa shape index (κ3) is 2.87. The van der Waals surface area contributed by atoms with Gasteiger partial charge in [0.1, 0.15) is 10.6 Å². The van der Waals surface area contributed by atoms with E-state index < -0.39 is 0 Å². The lowest BCUT2D eigenvalue weighted by molar-refractivity contribution is 0.0965. The van der Waals surface area contributed by atoms with Crippen LogP contribution in [-0.4, -0.2) is 17.3 Å². The van der Waals surface area contributed by atoms with E-state index in [9.17, 15) is 4.79 Å². The number of nitrogen functional groups attached to an aromatic ring is 1. The van der Waals surface area contributed by atoms with Crippen molar-refractivity contribution in [3.05, 3.63) is 27.5 Å². The van der Waals surface area contributed by atoms with Gasteiger partial charge in [-0.3, -0.25) is 4.79 Å². The lowest BCUT2D eigenvalue weighted by Crippen LogP contribution is -2.20. The van der Waals surface area contributed by atoms with Gasteiger partial charge in [0.15, 0.2) is 5.82 Å². The highest BCUT2D eigenvalue weighted by molar-refractivity contribution is 7.11. The molecule has 0 atom stereocenters. The minimum absolute atomic E-state index is 0.212. The summed E-state index contributed by atoms with van der Waals surface area (Å²) in [4.78, 5) is 13.0. The Kier molecular flexibility index (Phi) is 4.39. The van der Waals surface area contributed by atoms with Gasteiger partial charge >= 0.3 is 0 Å². The molecule has 0 saturated heterocycles. The summed E-state index contributed by atoms with van der Waals surface area (Å²) in [5.41, 5.74) is 7.49. The molecule has 5 nitrogen and oxygen atoms in total. The van der Waals surface area contributed by atoms with E-state index in [0.717, 1.165) is 6.42 Å². The van der Waals surface area contributed by atoms with Gasteiger partial charge in [0.2, 0.25) is 0 Å². The van der Waals surface area contributed by atoms with Crippen molar-refractivity contribution in [3.8, 4) is 0 Å². The number of carbonyl (C=O) groups is 1. The van der Waals surface area contributed by atoms with Crippen LogP contribution < -0.4 is 16.4 Å². The average molecular weight is 296 g/mol. The Balaban J connectivity index is 2.14. The van der Waals surface area contributed by atoms with Crippen molar-refractivity contribution in [3.63, 3.8) is 0 Å². The van der Waals surface area contributed by atoms with Gasteiger partial charge in [-0.25, -0.2) is 0 Å². The van der Waals surface area contributed by atoms with Gasteiger partial charge in [-0.1, -0.05) is 6.92 Å². The smallest absolute Gasteiger partial charge is 0.257 e. The molecular formula is C12H16N4OS2. The molecule has 0 saturated carbocycles. The van der Waals surface area contributed by atoms with E-state index in [1.807, 2.05) is 0 Å². The molecule has 1 amide bonds. The van der Waals surface area contributed by atoms with Crippen molar-refractivity contribution >= 4 is 39.6 Å². The molecule has 19 heavy (non-hydrogen) atoms. The number of nitrogens with one attached hydrogen (secondary N) is 2. The highest BCUT2D eigenvalue weighted by atomic mass is 32.1. The van der Waals surface area contributed by atoms with Crippen LogP contribution in [0.25, 0.3) is 0 Å². The van der Waals surface area contributed by atoms with E-state index in [-0.39, 0.29) is 11.7 Å². The van der Waals surface area contributed by atoms with Crippen LogP contribution in [0.4, 0.5) is 10.8 Å². The summed E-state index contributed by atoms with van der Waals surface area (Å²) in [6.07, 6.45) is 1.01. The number of amides is 1. The first kappa shape index (κ1) is 13.8. The van der Waals surface area contributed by atoms with Crippen molar-refractivity contribution < 1.29 is 4.79 Å². The number of nitrogens with zero attached hydrogens (tertiary/aromatic N) is 1. The molecule has 0 aliphatic carbocycles. The standard InChI is InChI=1S/C12H16N4OS2/c1-3-7-4-5-18-8(7)6-15-12-9(11(17)14-2)10(13)16-19-12/h4-5,15H,3,6H2,1-2H3,(H2,13,16)(H,14,17). The van der Waals surface area contributed by atoms with Crippen molar-refractivity contribution in [2.24, 2.45) is 0 Å². The molecule has 4 N–H and O–H groups in total. The van der Waals surface area contributed by atoms with Crippen molar-refractivity contribution in [1.82, 2.24) is 9.69 Å². The summed E-state index contributed by atoms with van der Waals surface area (Å²) < 4.78 is 4.03. The molecule has 2 aromatic rings. The molecule has 0 spiro atoms. The first-order chi connectivity index (χ1) is 9.17. The fourth-order valence-corrected chi connectivity index (χ4v) is 3.39. The van der Waals surface area contributed by atoms with Crippen LogP contribution in [0.15, 0.2) is 11.4 Å². The fraction of sp³-hybridized carbons (Fsp3) is 0.333. The molecule has 2 rings (SSSR count). The maximum absolute atomic E-state index is 11.7. The predicted octanol–water partition coefficient (Wildman–Crippen LogP) is 2.32. The summed E-state index contributed by atoms with van der Waals surface area (Å²) >= 11 is 2.92. The maximum atomic E-state index is 11.7. The van der Waals surface area contributed by atoms with Crippen LogP contribution in [0.5, 0.6) is 0 Å². The zero-order valence-corrected chi connectivity index (χ0v) is 12.5. The summed E-state index contributed by atoms with van der Waals surface area (Å²) in [5, 5.41) is 8.62. The Morgan fingerprint density at radius 2 is 2.32 bits per heavy atom. The van der Waals surface area contributed by atoms with E-state index in [0.29, 0.717) is 17.1 Å². The van der Waals surface area contributed by atoms with Crippen molar-refractivity contribution in [2.45, 2.75) is 19.9 Å². The largest absolute Gasteiger partial charge is 0.382 e. The van der Waals surface area contributed by atoms with Gasteiger partial charge in [-0.2, -0.15) is 4.37 Å². The zero-order chi connectivity index (χ0) is 13.8. The van der Waals surface area contributed by atoms with E-state index in [4.69, 9.17) is 5.73 Å². The number of nitrogens with two attached hydrogens (primary N) is 1. The molecular weight excluding hydrogens is 280 g/mol. The average Bonchev–Trinajstić information content (AvgIpc) is 3.01. The van der Waals surface area contributed by atoms with E-state index in [1.165, 1.54) is 22.0 Å².